The van der Waals surface area contributed by atoms with Crippen LogP contribution in [0.2, 0.25) is 19.6 Å². The second-order valence-corrected chi connectivity index (χ2v) is 11.8. The topological polar surface area (TPSA) is 70.7 Å². The van der Waals surface area contributed by atoms with E-state index in [1.807, 2.05) is 26.6 Å². The molecule has 7 nitrogen and oxygen atoms in total. The van der Waals surface area contributed by atoms with Crippen LogP contribution in [0, 0.1) is 11.6 Å². The third kappa shape index (κ3) is 4.11. The first-order chi connectivity index (χ1) is 12.7. The maximum atomic E-state index is 15.0. The summed E-state index contributed by atoms with van der Waals surface area (Å²) in [4.78, 5) is 7.97. The van der Waals surface area contributed by atoms with Gasteiger partial charge in [0.25, 0.3) is 0 Å². The van der Waals surface area contributed by atoms with Crippen LogP contribution < -0.4 is 0 Å². The van der Waals surface area contributed by atoms with Crippen molar-refractivity contribution in [1.82, 2.24) is 29.5 Å². The zero-order valence-corrected chi connectivity index (χ0v) is 16.7. The van der Waals surface area contributed by atoms with E-state index in [9.17, 15) is 8.78 Å². The number of hydrogen-bond donors (Lipinski definition) is 0. The number of halogens is 2. The molecular formula is C17H22F2N6OSi. The summed E-state index contributed by atoms with van der Waals surface area (Å²) in [6.45, 7) is 8.09. The molecule has 27 heavy (non-hydrogen) atoms. The summed E-state index contributed by atoms with van der Waals surface area (Å²) in [5, 5.41) is 8.38. The normalized spacial score (nSPS) is 15.5. The van der Waals surface area contributed by atoms with Gasteiger partial charge < -0.3 is 4.43 Å². The Hall–Kier alpha value is -2.46. The molecule has 0 spiro atoms. The van der Waals surface area contributed by atoms with Crippen LogP contribution >= 0.6 is 0 Å². The first kappa shape index (κ1) is 19.3. The van der Waals surface area contributed by atoms with Gasteiger partial charge in [-0.1, -0.05) is 6.07 Å². The summed E-state index contributed by atoms with van der Waals surface area (Å²) in [6.07, 6.45) is 5.90. The smallest absolute Gasteiger partial charge is 0.185 e. The predicted octanol–water partition coefficient (Wildman–Crippen LogP) is 3.16. The van der Waals surface area contributed by atoms with Gasteiger partial charge >= 0.3 is 0 Å². The minimum absolute atomic E-state index is 0.181. The van der Waals surface area contributed by atoms with Crippen LogP contribution in [-0.2, 0) is 16.6 Å². The molecule has 0 aliphatic carbocycles. The van der Waals surface area contributed by atoms with Crippen LogP contribution in [0.25, 0.3) is 0 Å². The highest BCUT2D eigenvalue weighted by Crippen LogP contribution is 2.42. The van der Waals surface area contributed by atoms with Crippen molar-refractivity contribution in [3.05, 3.63) is 60.7 Å². The van der Waals surface area contributed by atoms with Gasteiger partial charge in [0, 0.05) is 11.6 Å². The summed E-state index contributed by atoms with van der Waals surface area (Å²) in [5.41, 5.74) is -0.950. The standard InChI is InChI=1S/C17H22F2N6OSi/c1-13(25-12-21-10-23-25)17(26-27(2,3)4,8-24-11-20-9-22-24)15-6-5-14(18)7-16(15)19/h5-7,9-13H,8H2,1-4H3/t13-,17-/m1/s1. The van der Waals surface area contributed by atoms with E-state index < -0.39 is 31.6 Å². The fourth-order valence-corrected chi connectivity index (χ4v) is 4.62. The largest absolute Gasteiger partial charge is 0.404 e. The maximum absolute atomic E-state index is 15.0. The Balaban J connectivity index is 2.22. The first-order valence-corrected chi connectivity index (χ1v) is 11.9. The molecule has 0 amide bonds. The molecule has 1 aromatic carbocycles. The van der Waals surface area contributed by atoms with Crippen molar-refractivity contribution in [3.8, 4) is 0 Å². The van der Waals surface area contributed by atoms with Crippen LogP contribution in [-0.4, -0.2) is 37.8 Å². The molecule has 0 N–H and O–H groups in total. The van der Waals surface area contributed by atoms with Crippen LogP contribution in [0.5, 0.6) is 0 Å². The van der Waals surface area contributed by atoms with Gasteiger partial charge in [-0.3, -0.25) is 0 Å². The van der Waals surface area contributed by atoms with Gasteiger partial charge in [-0.15, -0.1) is 0 Å². The van der Waals surface area contributed by atoms with Crippen molar-refractivity contribution in [2.45, 2.75) is 44.8 Å². The van der Waals surface area contributed by atoms with Gasteiger partial charge in [-0.25, -0.2) is 28.1 Å². The Morgan fingerprint density at radius 3 is 2.37 bits per heavy atom. The van der Waals surface area contributed by atoms with E-state index in [-0.39, 0.29) is 12.1 Å². The van der Waals surface area contributed by atoms with Crippen molar-refractivity contribution in [2.75, 3.05) is 0 Å². The fourth-order valence-electron chi connectivity index (χ4n) is 3.18. The van der Waals surface area contributed by atoms with E-state index in [0.29, 0.717) is 0 Å². The van der Waals surface area contributed by atoms with Gasteiger partial charge in [0.05, 0.1) is 12.6 Å². The summed E-state index contributed by atoms with van der Waals surface area (Å²) in [6, 6.07) is 3.08. The van der Waals surface area contributed by atoms with Gasteiger partial charge in [-0.2, -0.15) is 10.2 Å². The van der Waals surface area contributed by atoms with Gasteiger partial charge in [0.1, 0.15) is 42.5 Å². The van der Waals surface area contributed by atoms with Crippen molar-refractivity contribution in [1.29, 1.82) is 0 Å². The summed E-state index contributed by atoms with van der Waals surface area (Å²) < 4.78 is 38.3. The molecule has 0 aliphatic heterocycles. The van der Waals surface area contributed by atoms with E-state index in [2.05, 4.69) is 20.2 Å². The molecule has 0 unspecified atom stereocenters. The number of hydrogen-bond acceptors (Lipinski definition) is 5. The summed E-state index contributed by atoms with van der Waals surface area (Å²) in [5.74, 6) is -1.33. The predicted molar refractivity (Wildman–Crippen MR) is 97.2 cm³/mol. The lowest BCUT2D eigenvalue weighted by Crippen LogP contribution is -2.49. The average Bonchev–Trinajstić information content (AvgIpc) is 3.25. The third-order valence-corrected chi connectivity index (χ3v) is 5.22. The lowest BCUT2D eigenvalue weighted by atomic mass is 9.86. The minimum atomic E-state index is -2.20. The minimum Gasteiger partial charge on any atom is -0.404 e. The molecule has 0 fully saturated rings. The molecular weight excluding hydrogens is 370 g/mol. The van der Waals surface area contributed by atoms with Crippen LogP contribution in [0.15, 0.2) is 43.5 Å². The molecule has 2 atom stereocenters. The molecule has 3 aromatic rings. The Kier molecular flexibility index (Phi) is 5.20. The Bertz CT molecular complexity index is 881. The van der Waals surface area contributed by atoms with Gasteiger partial charge in [-0.05, 0) is 32.6 Å². The number of nitrogens with zero attached hydrogens (tertiary/aromatic N) is 6. The molecule has 0 radical (unpaired) electrons. The number of benzene rings is 1. The lowest BCUT2D eigenvalue weighted by molar-refractivity contribution is -0.0189. The summed E-state index contributed by atoms with van der Waals surface area (Å²) >= 11 is 0. The zero-order valence-electron chi connectivity index (χ0n) is 15.7. The second-order valence-electron chi connectivity index (χ2n) is 7.37. The van der Waals surface area contributed by atoms with E-state index in [0.717, 1.165) is 6.07 Å². The highest BCUT2D eigenvalue weighted by molar-refractivity contribution is 6.69. The quantitative estimate of drug-likeness (QED) is 0.578. The van der Waals surface area contributed by atoms with E-state index in [4.69, 9.17) is 4.43 Å². The molecule has 0 bridgehead atoms. The number of rotatable bonds is 7. The second kappa shape index (κ2) is 7.28. The first-order valence-electron chi connectivity index (χ1n) is 8.53. The number of aromatic nitrogens is 6. The van der Waals surface area contributed by atoms with Crippen LogP contribution in [0.1, 0.15) is 18.5 Å². The average molecular weight is 392 g/mol. The molecule has 0 saturated carbocycles. The van der Waals surface area contributed by atoms with Crippen molar-refractivity contribution >= 4 is 8.32 Å². The van der Waals surface area contributed by atoms with Crippen molar-refractivity contribution < 1.29 is 13.2 Å². The fraction of sp³-hybridized carbons (Fsp3) is 0.412. The maximum Gasteiger partial charge on any atom is 0.185 e. The van der Waals surface area contributed by atoms with E-state index in [1.165, 1.54) is 31.1 Å². The van der Waals surface area contributed by atoms with Crippen molar-refractivity contribution in [2.24, 2.45) is 0 Å². The van der Waals surface area contributed by atoms with Crippen LogP contribution in [0.3, 0.4) is 0 Å². The molecule has 0 aliphatic rings. The van der Waals surface area contributed by atoms with Crippen LogP contribution in [0.4, 0.5) is 8.78 Å². The Morgan fingerprint density at radius 1 is 1.11 bits per heavy atom. The SMILES string of the molecule is C[C@@H](n1cncn1)[C@@](Cn1cncn1)(O[Si](C)(C)C)c1ccc(F)cc1F. The molecule has 2 heterocycles. The van der Waals surface area contributed by atoms with Gasteiger partial charge in [0.15, 0.2) is 8.32 Å². The highest BCUT2D eigenvalue weighted by Gasteiger charge is 2.46. The zero-order chi connectivity index (χ0) is 19.7. The Labute approximate surface area is 157 Å². The molecule has 2 aromatic heterocycles. The molecule has 3 rings (SSSR count). The summed E-state index contributed by atoms with van der Waals surface area (Å²) in [7, 11) is -2.20. The van der Waals surface area contributed by atoms with E-state index >= 15 is 0 Å². The van der Waals surface area contributed by atoms with E-state index in [1.54, 1.807) is 15.7 Å². The Morgan fingerprint density at radius 2 is 1.81 bits per heavy atom. The highest BCUT2D eigenvalue weighted by atomic mass is 28.4. The lowest BCUT2D eigenvalue weighted by Gasteiger charge is -2.43. The monoisotopic (exact) mass is 392 g/mol. The molecule has 144 valence electrons. The van der Waals surface area contributed by atoms with Gasteiger partial charge in [0.2, 0.25) is 0 Å². The molecule has 10 heteroatoms. The van der Waals surface area contributed by atoms with Crippen molar-refractivity contribution in [3.63, 3.8) is 0 Å². The third-order valence-electron chi connectivity index (χ3n) is 4.25. The molecule has 0 saturated heterocycles.